The van der Waals surface area contributed by atoms with Gasteiger partial charge in [0.1, 0.15) is 7.28 Å². The summed E-state index contributed by atoms with van der Waals surface area (Å²) >= 11 is 0. The molecule has 2 fully saturated rings. The first-order valence-corrected chi connectivity index (χ1v) is 6.45. The molecule has 1 radical (unpaired) electrons. The minimum Gasteiger partial charge on any atom is -0.0674 e. The Morgan fingerprint density at radius 1 is 1.00 bits per heavy atom. The SMILES string of the molecule is CC(C)(C)[B]C12CCC1(CC(C)(C)C)C2. The molecule has 0 N–H and O–H groups in total. The molecule has 0 nitrogen and oxygen atoms in total. The van der Waals surface area contributed by atoms with E-state index in [0.717, 1.165) is 5.41 Å². The summed E-state index contributed by atoms with van der Waals surface area (Å²) in [5.41, 5.74) is 1.23. The quantitative estimate of drug-likeness (QED) is 0.574. The maximum atomic E-state index is 2.66. The van der Waals surface area contributed by atoms with Crippen LogP contribution in [-0.2, 0) is 0 Å². The van der Waals surface area contributed by atoms with E-state index >= 15 is 0 Å². The van der Waals surface area contributed by atoms with Gasteiger partial charge < -0.3 is 0 Å². The molecule has 2 aliphatic carbocycles. The molecule has 0 aliphatic heterocycles. The van der Waals surface area contributed by atoms with Crippen molar-refractivity contribution in [2.45, 2.75) is 77.9 Å². The summed E-state index contributed by atoms with van der Waals surface area (Å²) in [6.07, 6.45) is 5.85. The fraction of sp³-hybridized carbons (Fsp3) is 1.00. The Kier molecular flexibility index (Phi) is 2.19. The van der Waals surface area contributed by atoms with E-state index in [0.29, 0.717) is 16.0 Å². The lowest BCUT2D eigenvalue weighted by molar-refractivity contribution is 0.192. The van der Waals surface area contributed by atoms with Gasteiger partial charge in [-0.25, -0.2) is 0 Å². The van der Waals surface area contributed by atoms with E-state index in [1.165, 1.54) is 25.7 Å². The van der Waals surface area contributed by atoms with E-state index in [-0.39, 0.29) is 0 Å². The second-order valence-corrected chi connectivity index (χ2v) is 8.36. The highest BCUT2D eigenvalue weighted by Gasteiger charge is 2.73. The van der Waals surface area contributed by atoms with Crippen molar-refractivity contribution in [1.82, 2.24) is 0 Å². The van der Waals surface area contributed by atoms with Crippen LogP contribution in [0.3, 0.4) is 0 Å². The van der Waals surface area contributed by atoms with Crippen LogP contribution >= 0.6 is 0 Å². The van der Waals surface area contributed by atoms with Gasteiger partial charge in [-0.05, 0) is 30.1 Å². The Hall–Kier alpha value is 0.0649. The van der Waals surface area contributed by atoms with E-state index in [2.05, 4.69) is 48.8 Å². The van der Waals surface area contributed by atoms with Gasteiger partial charge in [0.2, 0.25) is 0 Å². The summed E-state index contributed by atoms with van der Waals surface area (Å²) in [4.78, 5) is 0. The smallest absolute Gasteiger partial charge is 0.0674 e. The molecule has 0 aromatic heterocycles. The van der Waals surface area contributed by atoms with Crippen molar-refractivity contribution in [3.05, 3.63) is 0 Å². The molecule has 2 rings (SSSR count). The van der Waals surface area contributed by atoms with Crippen LogP contribution in [0.4, 0.5) is 0 Å². The number of hydrogen-bond donors (Lipinski definition) is 0. The predicted molar refractivity (Wildman–Crippen MR) is 68.5 cm³/mol. The molecule has 1 heteroatoms. The van der Waals surface area contributed by atoms with Crippen molar-refractivity contribution in [3.63, 3.8) is 0 Å². The maximum absolute atomic E-state index is 2.66. The zero-order chi connectivity index (χ0) is 11.5. The van der Waals surface area contributed by atoms with Gasteiger partial charge in [0.25, 0.3) is 0 Å². The van der Waals surface area contributed by atoms with E-state index in [1.807, 2.05) is 0 Å². The lowest BCUT2D eigenvalue weighted by Gasteiger charge is -2.42. The van der Waals surface area contributed by atoms with E-state index < -0.39 is 0 Å². The van der Waals surface area contributed by atoms with Crippen LogP contribution < -0.4 is 0 Å². The fourth-order valence-corrected chi connectivity index (χ4v) is 3.98. The Balaban J connectivity index is 2.00. The summed E-state index contributed by atoms with van der Waals surface area (Å²) in [6, 6.07) is 0. The van der Waals surface area contributed by atoms with Crippen molar-refractivity contribution >= 4 is 7.28 Å². The van der Waals surface area contributed by atoms with Crippen molar-refractivity contribution in [2.75, 3.05) is 0 Å². The van der Waals surface area contributed by atoms with E-state index in [4.69, 9.17) is 0 Å². The molecule has 0 saturated heterocycles. The average molecular weight is 205 g/mol. The standard InChI is InChI=1S/C14H26B/c1-11(2,3)9-13-7-8-14(13,10-13)15-12(4,5)6/h7-10H2,1-6H3. The Labute approximate surface area is 96.5 Å². The van der Waals surface area contributed by atoms with Crippen LogP contribution in [-0.4, -0.2) is 7.28 Å². The normalized spacial score (nSPS) is 39.3. The van der Waals surface area contributed by atoms with Crippen LogP contribution in [0, 0.1) is 10.8 Å². The van der Waals surface area contributed by atoms with Gasteiger partial charge in [0.15, 0.2) is 0 Å². The highest BCUT2D eigenvalue weighted by molar-refractivity contribution is 6.46. The number of rotatable bonds is 2. The zero-order valence-corrected chi connectivity index (χ0v) is 11.4. The molecule has 2 unspecified atom stereocenters. The van der Waals surface area contributed by atoms with Gasteiger partial charge in [-0.15, -0.1) is 0 Å². The summed E-state index contributed by atoms with van der Waals surface area (Å²) in [5, 5.41) is 1.05. The maximum Gasteiger partial charge on any atom is 0.126 e. The van der Waals surface area contributed by atoms with Crippen LogP contribution in [0.15, 0.2) is 0 Å². The second-order valence-electron chi connectivity index (χ2n) is 8.36. The zero-order valence-electron chi connectivity index (χ0n) is 11.4. The van der Waals surface area contributed by atoms with Gasteiger partial charge in [-0.1, -0.05) is 58.6 Å². The largest absolute Gasteiger partial charge is 0.126 e. The van der Waals surface area contributed by atoms with Gasteiger partial charge in [-0.2, -0.15) is 0 Å². The Morgan fingerprint density at radius 3 is 1.93 bits per heavy atom. The van der Waals surface area contributed by atoms with Crippen molar-refractivity contribution in [1.29, 1.82) is 0 Å². The Morgan fingerprint density at radius 2 is 1.60 bits per heavy atom. The molecule has 0 amide bonds. The first-order chi connectivity index (χ1) is 6.58. The summed E-state index contributed by atoms with van der Waals surface area (Å²) in [7, 11) is 2.66. The van der Waals surface area contributed by atoms with Crippen molar-refractivity contribution in [3.8, 4) is 0 Å². The average Bonchev–Trinajstić information content (AvgIpc) is 2.29. The highest BCUT2D eigenvalue weighted by atomic mass is 14.7. The van der Waals surface area contributed by atoms with Gasteiger partial charge in [-0.3, -0.25) is 0 Å². The molecule has 15 heavy (non-hydrogen) atoms. The number of hydrogen-bond acceptors (Lipinski definition) is 0. The molecule has 2 aliphatic rings. The molecule has 0 aromatic carbocycles. The third kappa shape index (κ3) is 1.99. The highest BCUT2D eigenvalue weighted by Crippen LogP contribution is 2.86. The topological polar surface area (TPSA) is 0 Å². The summed E-state index contributed by atoms with van der Waals surface area (Å²) in [5.74, 6) is 0. The van der Waals surface area contributed by atoms with Crippen LogP contribution in [0.25, 0.3) is 0 Å². The molecule has 0 spiro atoms. The molecule has 2 saturated carbocycles. The molecular weight excluding hydrogens is 179 g/mol. The minimum absolute atomic E-state index is 0.403. The van der Waals surface area contributed by atoms with Crippen LogP contribution in [0.1, 0.15) is 67.2 Å². The number of fused-ring (bicyclic) bond motifs is 1. The van der Waals surface area contributed by atoms with Gasteiger partial charge in [0, 0.05) is 0 Å². The lowest BCUT2D eigenvalue weighted by atomic mass is 9.38. The molecule has 0 heterocycles. The molecule has 0 bridgehead atoms. The molecule has 85 valence electrons. The van der Waals surface area contributed by atoms with Crippen LogP contribution in [0.2, 0.25) is 10.6 Å². The monoisotopic (exact) mass is 205 g/mol. The third-order valence-corrected chi connectivity index (χ3v) is 4.21. The summed E-state index contributed by atoms with van der Waals surface area (Å²) in [6.45, 7) is 14.2. The van der Waals surface area contributed by atoms with Crippen molar-refractivity contribution < 1.29 is 0 Å². The minimum atomic E-state index is 0.403. The fourth-order valence-electron chi connectivity index (χ4n) is 3.98. The van der Waals surface area contributed by atoms with E-state index in [9.17, 15) is 0 Å². The Bertz CT molecular complexity index is 240. The predicted octanol–water partition coefficient (Wildman–Crippen LogP) is 4.69. The molecular formula is C14H26B. The van der Waals surface area contributed by atoms with Crippen molar-refractivity contribution in [2.24, 2.45) is 10.8 Å². The van der Waals surface area contributed by atoms with Crippen LogP contribution in [0.5, 0.6) is 0 Å². The summed E-state index contributed by atoms with van der Waals surface area (Å²) < 4.78 is 0. The first-order valence-electron chi connectivity index (χ1n) is 6.45. The molecule has 2 atom stereocenters. The third-order valence-electron chi connectivity index (χ3n) is 4.21. The van der Waals surface area contributed by atoms with E-state index in [1.54, 1.807) is 0 Å². The second kappa shape index (κ2) is 2.84. The van der Waals surface area contributed by atoms with Gasteiger partial charge >= 0.3 is 0 Å². The lowest BCUT2D eigenvalue weighted by Crippen LogP contribution is -2.32. The van der Waals surface area contributed by atoms with Gasteiger partial charge in [0.05, 0.1) is 0 Å². The first kappa shape index (κ1) is 11.5. The molecule has 0 aromatic rings.